The lowest BCUT2D eigenvalue weighted by molar-refractivity contribution is -0.118. The Morgan fingerprint density at radius 1 is 1.18 bits per heavy atom. The van der Waals surface area contributed by atoms with Crippen molar-refractivity contribution in [3.05, 3.63) is 29.8 Å². The van der Waals surface area contributed by atoms with E-state index in [0.29, 0.717) is 18.4 Å². The van der Waals surface area contributed by atoms with Gasteiger partial charge in [-0.25, -0.2) is 4.99 Å². The van der Waals surface area contributed by atoms with Crippen molar-refractivity contribution < 1.29 is 4.79 Å². The molecule has 0 spiro atoms. The Bertz CT molecular complexity index is 492. The van der Waals surface area contributed by atoms with Crippen molar-refractivity contribution in [1.82, 2.24) is 5.32 Å². The lowest BCUT2D eigenvalue weighted by Crippen LogP contribution is -2.32. The fraction of sp³-hybridized carbons (Fsp3) is 0.529. The molecule has 0 saturated heterocycles. The fourth-order valence-electron chi connectivity index (χ4n) is 1.70. The second-order valence-electron chi connectivity index (χ2n) is 6.15. The van der Waals surface area contributed by atoms with Crippen LogP contribution < -0.4 is 16.4 Å². The number of nitrogens with one attached hydrogen (secondary N) is 2. The number of nitrogens with zero attached hydrogens (tertiary/aromatic N) is 1. The van der Waals surface area contributed by atoms with E-state index in [2.05, 4.69) is 29.5 Å². The molecule has 4 N–H and O–H groups in total. The summed E-state index contributed by atoms with van der Waals surface area (Å²) in [6.45, 7) is 9.45. The minimum Gasteiger partial charge on any atom is -0.370 e. The van der Waals surface area contributed by atoms with E-state index in [1.807, 2.05) is 38.1 Å². The van der Waals surface area contributed by atoms with E-state index in [-0.39, 0.29) is 11.8 Å². The molecule has 0 heterocycles. The molecule has 1 amide bonds. The summed E-state index contributed by atoms with van der Waals surface area (Å²) in [5.74, 6) is 1.11. The SMILES string of the molecule is CC(C)CCNC(N)=NCc1ccc(NC(=O)C(C)C)cc1. The highest BCUT2D eigenvalue weighted by atomic mass is 16.1. The summed E-state index contributed by atoms with van der Waals surface area (Å²) < 4.78 is 0. The first-order chi connectivity index (χ1) is 10.4. The smallest absolute Gasteiger partial charge is 0.226 e. The van der Waals surface area contributed by atoms with Gasteiger partial charge >= 0.3 is 0 Å². The molecule has 22 heavy (non-hydrogen) atoms. The van der Waals surface area contributed by atoms with Crippen molar-refractivity contribution in [3.8, 4) is 0 Å². The lowest BCUT2D eigenvalue weighted by atomic mass is 10.1. The van der Waals surface area contributed by atoms with Gasteiger partial charge in [0, 0.05) is 18.2 Å². The van der Waals surface area contributed by atoms with Crippen molar-refractivity contribution in [2.75, 3.05) is 11.9 Å². The summed E-state index contributed by atoms with van der Waals surface area (Å²) >= 11 is 0. The van der Waals surface area contributed by atoms with Gasteiger partial charge in [-0.2, -0.15) is 0 Å². The summed E-state index contributed by atoms with van der Waals surface area (Å²) in [5, 5.41) is 5.97. The number of hydrogen-bond acceptors (Lipinski definition) is 2. The van der Waals surface area contributed by atoms with Crippen LogP contribution in [0, 0.1) is 11.8 Å². The number of rotatable bonds is 7. The molecule has 0 aliphatic rings. The zero-order valence-corrected chi connectivity index (χ0v) is 14.0. The van der Waals surface area contributed by atoms with Gasteiger partial charge in [0.1, 0.15) is 0 Å². The highest BCUT2D eigenvalue weighted by molar-refractivity contribution is 5.92. The summed E-state index contributed by atoms with van der Waals surface area (Å²) in [5.41, 5.74) is 7.67. The topological polar surface area (TPSA) is 79.5 Å². The van der Waals surface area contributed by atoms with Crippen molar-refractivity contribution in [2.24, 2.45) is 22.6 Å². The average molecular weight is 304 g/mol. The van der Waals surface area contributed by atoms with Crippen LogP contribution in [0.1, 0.15) is 39.7 Å². The van der Waals surface area contributed by atoms with Crippen LogP contribution in [0.4, 0.5) is 5.69 Å². The van der Waals surface area contributed by atoms with Gasteiger partial charge in [-0.1, -0.05) is 39.8 Å². The van der Waals surface area contributed by atoms with Crippen molar-refractivity contribution >= 4 is 17.6 Å². The Hall–Kier alpha value is -2.04. The molecule has 1 aromatic carbocycles. The number of aliphatic imine (C=N–C) groups is 1. The van der Waals surface area contributed by atoms with Crippen LogP contribution in [-0.4, -0.2) is 18.4 Å². The van der Waals surface area contributed by atoms with Crippen molar-refractivity contribution in [2.45, 2.75) is 40.7 Å². The molecule has 0 bridgehead atoms. The Kier molecular flexibility index (Phi) is 7.43. The van der Waals surface area contributed by atoms with E-state index < -0.39 is 0 Å². The van der Waals surface area contributed by atoms with Crippen LogP contribution >= 0.6 is 0 Å². The number of hydrogen-bond donors (Lipinski definition) is 3. The predicted octanol–water partition coefficient (Wildman–Crippen LogP) is 2.73. The molecule has 1 aromatic rings. The quantitative estimate of drug-likeness (QED) is 0.535. The minimum absolute atomic E-state index is 0.0179. The molecular formula is C17H28N4O. The summed E-state index contributed by atoms with van der Waals surface area (Å²) in [7, 11) is 0. The van der Waals surface area contributed by atoms with Crippen LogP contribution in [0.3, 0.4) is 0 Å². The van der Waals surface area contributed by atoms with Crippen molar-refractivity contribution in [3.63, 3.8) is 0 Å². The number of anilines is 1. The largest absolute Gasteiger partial charge is 0.370 e. The maximum absolute atomic E-state index is 11.6. The lowest BCUT2D eigenvalue weighted by Gasteiger charge is -2.09. The summed E-state index contributed by atoms with van der Waals surface area (Å²) in [6, 6.07) is 7.66. The Morgan fingerprint density at radius 2 is 1.82 bits per heavy atom. The van der Waals surface area contributed by atoms with Crippen LogP contribution in [0.15, 0.2) is 29.3 Å². The Balaban J connectivity index is 2.45. The second kappa shape index (κ2) is 9.07. The molecule has 0 radical (unpaired) electrons. The molecule has 0 unspecified atom stereocenters. The molecule has 0 aromatic heterocycles. The fourth-order valence-corrected chi connectivity index (χ4v) is 1.70. The number of carbonyl (C=O) groups is 1. The molecular weight excluding hydrogens is 276 g/mol. The van der Waals surface area contributed by atoms with Crippen LogP contribution in [0.5, 0.6) is 0 Å². The molecule has 1 rings (SSSR count). The van der Waals surface area contributed by atoms with E-state index in [1.54, 1.807) is 0 Å². The van der Waals surface area contributed by atoms with Crippen LogP contribution in [0.2, 0.25) is 0 Å². The van der Waals surface area contributed by atoms with Gasteiger partial charge in [0.25, 0.3) is 0 Å². The van der Waals surface area contributed by atoms with E-state index in [1.165, 1.54) is 0 Å². The number of carbonyl (C=O) groups excluding carboxylic acids is 1. The number of guanidine groups is 1. The minimum atomic E-state index is -0.0269. The normalized spacial score (nSPS) is 11.8. The highest BCUT2D eigenvalue weighted by Gasteiger charge is 2.06. The molecule has 5 nitrogen and oxygen atoms in total. The van der Waals surface area contributed by atoms with Crippen LogP contribution in [-0.2, 0) is 11.3 Å². The zero-order valence-electron chi connectivity index (χ0n) is 14.0. The highest BCUT2D eigenvalue weighted by Crippen LogP contribution is 2.11. The van der Waals surface area contributed by atoms with Crippen molar-refractivity contribution in [1.29, 1.82) is 0 Å². The van der Waals surface area contributed by atoms with Gasteiger partial charge < -0.3 is 16.4 Å². The maximum Gasteiger partial charge on any atom is 0.226 e. The van der Waals surface area contributed by atoms with Crippen LogP contribution in [0.25, 0.3) is 0 Å². The maximum atomic E-state index is 11.6. The van der Waals surface area contributed by atoms with E-state index in [4.69, 9.17) is 5.73 Å². The van der Waals surface area contributed by atoms with Gasteiger partial charge in [0.05, 0.1) is 6.54 Å². The second-order valence-corrected chi connectivity index (χ2v) is 6.15. The first kappa shape index (κ1) is 18.0. The molecule has 0 aliphatic heterocycles. The van der Waals surface area contributed by atoms with Gasteiger partial charge in [0.15, 0.2) is 5.96 Å². The standard InChI is InChI=1S/C17H28N4O/c1-12(2)9-10-19-17(18)20-11-14-5-7-15(8-6-14)21-16(22)13(3)4/h5-8,12-13H,9-11H2,1-4H3,(H,21,22)(H3,18,19,20). The van der Waals surface area contributed by atoms with E-state index >= 15 is 0 Å². The average Bonchev–Trinajstić information content (AvgIpc) is 2.46. The zero-order chi connectivity index (χ0) is 16.5. The molecule has 0 aliphatic carbocycles. The number of nitrogens with two attached hydrogens (primary N) is 1. The first-order valence-corrected chi connectivity index (χ1v) is 7.82. The van der Waals surface area contributed by atoms with Gasteiger partial charge in [0.2, 0.25) is 5.91 Å². The Labute approximate surface area is 133 Å². The van der Waals surface area contributed by atoms with E-state index in [9.17, 15) is 4.79 Å². The van der Waals surface area contributed by atoms with Gasteiger partial charge in [-0.15, -0.1) is 0 Å². The number of benzene rings is 1. The molecule has 0 saturated carbocycles. The first-order valence-electron chi connectivity index (χ1n) is 7.82. The predicted molar refractivity (Wildman–Crippen MR) is 92.7 cm³/mol. The van der Waals surface area contributed by atoms with Gasteiger partial charge in [-0.05, 0) is 30.0 Å². The van der Waals surface area contributed by atoms with E-state index in [0.717, 1.165) is 24.2 Å². The third-order valence-corrected chi connectivity index (χ3v) is 3.21. The molecule has 5 heteroatoms. The monoisotopic (exact) mass is 304 g/mol. The summed E-state index contributed by atoms with van der Waals surface area (Å²) in [6.07, 6.45) is 1.07. The molecule has 0 atom stereocenters. The summed E-state index contributed by atoms with van der Waals surface area (Å²) in [4.78, 5) is 15.9. The molecule has 0 fully saturated rings. The third kappa shape index (κ3) is 7.11. The third-order valence-electron chi connectivity index (χ3n) is 3.21. The van der Waals surface area contributed by atoms with Gasteiger partial charge in [-0.3, -0.25) is 4.79 Å². The molecule has 122 valence electrons. The number of amides is 1. The Morgan fingerprint density at radius 3 is 2.36 bits per heavy atom.